The standard InChI is InChI=1S/C60H54N4/c1-4-7-15-41-23-25-51-45(32-41)27-31-64-58(5-2)60(6-3,55-21-9-8-20-53(55)59(51)64)56-40-63-30-11-10-22-57(63)54-37-44(24-26-52(54)56)42-16-12-17-43(33-42)48-34-49(46-18-13-28-61-38-46)36-50(35-48)47-19-14-29-62-39-47/h8-14,16-39,56,58H,4-7,15,40H2,1-3H3/q+2. The summed E-state index contributed by atoms with van der Waals surface area (Å²) in [7, 11) is 0. The summed E-state index contributed by atoms with van der Waals surface area (Å²) in [5.74, 6) is 0.243. The molecule has 4 heteroatoms. The lowest BCUT2D eigenvalue weighted by Gasteiger charge is -2.47. The van der Waals surface area contributed by atoms with Crippen molar-refractivity contribution in [1.82, 2.24) is 9.97 Å². The van der Waals surface area contributed by atoms with E-state index < -0.39 is 0 Å². The number of pyridine rings is 4. The SMILES string of the molecule is CCCCc1ccc2c3[n+](ccc2c1)C(CC)C(CC)(C1C[n+]2ccccc2-c2cc(-c4cccc(-c5cc(-c6cccnc6)cc(-c6cccnc6)c5)c4)ccc21)c1ccccc1-3. The predicted molar refractivity (Wildman–Crippen MR) is 262 cm³/mol. The van der Waals surface area contributed by atoms with Gasteiger partial charge in [-0.15, -0.1) is 0 Å². The van der Waals surface area contributed by atoms with Crippen molar-refractivity contribution < 1.29 is 9.13 Å². The number of nitrogens with zero attached hydrogens (tertiary/aromatic N) is 4. The molecule has 0 bridgehead atoms. The predicted octanol–water partition coefficient (Wildman–Crippen LogP) is 14.0. The molecule has 312 valence electrons. The number of fused-ring (bicyclic) bond motifs is 8. The highest BCUT2D eigenvalue weighted by molar-refractivity contribution is 5.95. The summed E-state index contributed by atoms with van der Waals surface area (Å²) in [5, 5.41) is 2.69. The van der Waals surface area contributed by atoms with Gasteiger partial charge in [0.15, 0.2) is 25.0 Å². The molecule has 0 saturated heterocycles. The van der Waals surface area contributed by atoms with Gasteiger partial charge in [0.1, 0.15) is 0 Å². The molecular weight excluding hydrogens is 777 g/mol. The quantitative estimate of drug-likeness (QED) is 0.129. The third-order valence-corrected chi connectivity index (χ3v) is 14.5. The summed E-state index contributed by atoms with van der Waals surface area (Å²) >= 11 is 0. The summed E-state index contributed by atoms with van der Waals surface area (Å²) in [4.78, 5) is 8.90. The van der Waals surface area contributed by atoms with Crippen molar-refractivity contribution in [3.05, 3.63) is 206 Å². The lowest BCUT2D eigenvalue weighted by atomic mass is 9.57. The van der Waals surface area contributed by atoms with Crippen LogP contribution in [0.5, 0.6) is 0 Å². The Hall–Kier alpha value is -7.04. The van der Waals surface area contributed by atoms with Crippen LogP contribution in [0.2, 0.25) is 0 Å². The third-order valence-electron chi connectivity index (χ3n) is 14.5. The van der Waals surface area contributed by atoms with Crippen molar-refractivity contribution in [2.45, 2.75) is 76.8 Å². The number of hydrogen-bond donors (Lipinski definition) is 0. The minimum atomic E-state index is -0.153. The molecule has 6 heterocycles. The number of aromatic nitrogens is 4. The second kappa shape index (κ2) is 16.6. The van der Waals surface area contributed by atoms with Crippen LogP contribution in [0.3, 0.4) is 0 Å². The average molecular weight is 831 g/mol. The van der Waals surface area contributed by atoms with Gasteiger partial charge in [-0.3, -0.25) is 9.97 Å². The molecule has 4 nitrogen and oxygen atoms in total. The van der Waals surface area contributed by atoms with E-state index in [0.717, 1.165) is 53.6 Å². The summed E-state index contributed by atoms with van der Waals surface area (Å²) in [6.45, 7) is 8.05. The Morgan fingerprint density at radius 2 is 1.27 bits per heavy atom. The molecule has 0 spiro atoms. The summed E-state index contributed by atoms with van der Waals surface area (Å²) in [6.07, 6.45) is 17.9. The zero-order valence-corrected chi connectivity index (χ0v) is 37.1. The van der Waals surface area contributed by atoms with Crippen molar-refractivity contribution in [2.24, 2.45) is 0 Å². The largest absolute Gasteiger partial charge is 0.264 e. The highest BCUT2D eigenvalue weighted by Crippen LogP contribution is 2.57. The molecule has 3 atom stereocenters. The van der Waals surface area contributed by atoms with Crippen LogP contribution in [0.15, 0.2) is 189 Å². The molecule has 0 amide bonds. The Kier molecular flexibility index (Phi) is 10.3. The van der Waals surface area contributed by atoms with E-state index >= 15 is 0 Å². The fourth-order valence-corrected chi connectivity index (χ4v) is 11.5. The van der Waals surface area contributed by atoms with Crippen LogP contribution in [0.1, 0.15) is 75.1 Å². The first-order valence-electron chi connectivity index (χ1n) is 23.3. The minimum Gasteiger partial charge on any atom is -0.264 e. The molecule has 0 radical (unpaired) electrons. The molecule has 0 aliphatic carbocycles. The molecule has 9 aromatic rings. The molecule has 64 heavy (non-hydrogen) atoms. The van der Waals surface area contributed by atoms with Crippen LogP contribution in [-0.4, -0.2) is 9.97 Å². The van der Waals surface area contributed by atoms with Crippen molar-refractivity contribution in [1.29, 1.82) is 0 Å². The zero-order valence-electron chi connectivity index (χ0n) is 37.1. The monoisotopic (exact) mass is 830 g/mol. The Balaban J connectivity index is 1.04. The number of hydrogen-bond acceptors (Lipinski definition) is 2. The second-order valence-corrected chi connectivity index (χ2v) is 17.9. The van der Waals surface area contributed by atoms with Crippen LogP contribution in [0.4, 0.5) is 0 Å². The molecule has 0 saturated carbocycles. The summed E-state index contributed by atoms with van der Waals surface area (Å²) in [5.41, 5.74) is 18.8. The molecule has 4 aromatic heterocycles. The smallest absolute Gasteiger partial charge is 0.220 e. The van der Waals surface area contributed by atoms with Crippen molar-refractivity contribution in [3.8, 4) is 67.0 Å². The Labute approximate surface area is 377 Å². The number of unbranched alkanes of at least 4 members (excludes halogenated alkanes) is 1. The maximum Gasteiger partial charge on any atom is 0.220 e. The van der Waals surface area contributed by atoms with E-state index in [4.69, 9.17) is 0 Å². The molecule has 2 aliphatic rings. The van der Waals surface area contributed by atoms with Crippen LogP contribution < -0.4 is 9.13 Å². The van der Waals surface area contributed by atoms with E-state index in [1.54, 1.807) is 0 Å². The van der Waals surface area contributed by atoms with Gasteiger partial charge in [-0.25, -0.2) is 0 Å². The van der Waals surface area contributed by atoms with Crippen molar-refractivity contribution >= 4 is 10.8 Å². The van der Waals surface area contributed by atoms with E-state index in [9.17, 15) is 0 Å². The highest BCUT2D eigenvalue weighted by atomic mass is 15.1. The van der Waals surface area contributed by atoms with Crippen LogP contribution in [0.25, 0.3) is 77.8 Å². The first-order chi connectivity index (χ1) is 31.6. The van der Waals surface area contributed by atoms with E-state index in [1.165, 1.54) is 79.5 Å². The van der Waals surface area contributed by atoms with E-state index in [-0.39, 0.29) is 17.4 Å². The lowest BCUT2D eigenvalue weighted by Crippen LogP contribution is -2.60. The van der Waals surface area contributed by atoms with Gasteiger partial charge in [0.2, 0.25) is 11.4 Å². The van der Waals surface area contributed by atoms with Gasteiger partial charge in [0.05, 0.1) is 27.8 Å². The molecular formula is C60H54N4+2. The van der Waals surface area contributed by atoms with Crippen LogP contribution >= 0.6 is 0 Å². The van der Waals surface area contributed by atoms with Gasteiger partial charge in [-0.2, -0.15) is 9.13 Å². The fraction of sp³-hybridized carbons (Fsp3) is 0.200. The Bertz CT molecular complexity index is 3120. The Morgan fingerprint density at radius 3 is 1.98 bits per heavy atom. The number of benzene rings is 5. The van der Waals surface area contributed by atoms with Crippen LogP contribution in [-0.2, 0) is 18.4 Å². The van der Waals surface area contributed by atoms with E-state index in [2.05, 4.69) is 192 Å². The first kappa shape index (κ1) is 39.8. The molecule has 0 fully saturated rings. The number of rotatable bonds is 10. The second-order valence-electron chi connectivity index (χ2n) is 17.9. The van der Waals surface area contributed by atoms with Crippen LogP contribution in [0, 0.1) is 0 Å². The van der Waals surface area contributed by atoms with E-state index in [1.807, 2.05) is 36.9 Å². The van der Waals surface area contributed by atoms with Gasteiger partial charge < -0.3 is 0 Å². The zero-order chi connectivity index (χ0) is 43.2. The average Bonchev–Trinajstić information content (AvgIpc) is 3.37. The van der Waals surface area contributed by atoms with Crippen molar-refractivity contribution in [3.63, 3.8) is 0 Å². The number of aryl methyl sites for hydroxylation is 1. The lowest BCUT2D eigenvalue weighted by molar-refractivity contribution is -0.731. The van der Waals surface area contributed by atoms with Gasteiger partial charge in [0, 0.05) is 60.5 Å². The van der Waals surface area contributed by atoms with Crippen molar-refractivity contribution in [2.75, 3.05) is 0 Å². The third kappa shape index (κ3) is 6.66. The van der Waals surface area contributed by atoms with E-state index in [0.29, 0.717) is 0 Å². The highest BCUT2D eigenvalue weighted by Gasteiger charge is 2.58. The fourth-order valence-electron chi connectivity index (χ4n) is 11.5. The normalized spacial score (nSPS) is 17.3. The van der Waals surface area contributed by atoms with Gasteiger partial charge in [-0.05, 0) is 135 Å². The molecule has 2 aliphatic heterocycles. The molecule has 0 N–H and O–H groups in total. The maximum absolute atomic E-state index is 4.45. The molecule has 3 unspecified atom stereocenters. The summed E-state index contributed by atoms with van der Waals surface area (Å²) in [6, 6.07) is 57.5. The summed E-state index contributed by atoms with van der Waals surface area (Å²) < 4.78 is 5.20. The van der Waals surface area contributed by atoms with Gasteiger partial charge in [0.25, 0.3) is 0 Å². The van der Waals surface area contributed by atoms with Gasteiger partial charge in [-0.1, -0.05) is 100.0 Å². The van der Waals surface area contributed by atoms with Gasteiger partial charge >= 0.3 is 0 Å². The topological polar surface area (TPSA) is 33.5 Å². The molecule has 5 aromatic carbocycles. The maximum atomic E-state index is 4.45. The Morgan fingerprint density at radius 1 is 0.578 bits per heavy atom. The minimum absolute atomic E-state index is 0.153. The first-order valence-corrected chi connectivity index (χ1v) is 23.3. The molecule has 11 rings (SSSR count).